The largest absolute Gasteiger partial charge is 0.383 e. The van der Waals surface area contributed by atoms with Crippen LogP contribution in [0.2, 0.25) is 0 Å². The van der Waals surface area contributed by atoms with Gasteiger partial charge < -0.3 is 5.73 Å². The van der Waals surface area contributed by atoms with Crippen LogP contribution < -0.4 is 5.73 Å². The molecule has 0 amide bonds. The molecule has 0 unspecified atom stereocenters. The smallest absolute Gasteiger partial charge is 0.191 e. The number of thioether (sulfide) groups is 1. The molecule has 0 saturated carbocycles. The molecule has 0 atom stereocenters. The van der Waals surface area contributed by atoms with Gasteiger partial charge in [0.1, 0.15) is 16.5 Å². The van der Waals surface area contributed by atoms with E-state index in [4.69, 9.17) is 11.0 Å². The molecular weight excluding hydrogens is 307 g/mol. The SMILES string of the molecule is N#Cc1ccc(F)c(CSc2nc(N)c3ccsc3n2)c1. The Balaban J connectivity index is 1.85. The summed E-state index contributed by atoms with van der Waals surface area (Å²) in [7, 11) is 0. The van der Waals surface area contributed by atoms with Crippen LogP contribution in [0.4, 0.5) is 10.2 Å². The molecular formula is C14H9FN4S2. The summed E-state index contributed by atoms with van der Waals surface area (Å²) in [6.07, 6.45) is 0. The van der Waals surface area contributed by atoms with E-state index in [-0.39, 0.29) is 5.82 Å². The molecule has 2 aromatic heterocycles. The number of benzene rings is 1. The van der Waals surface area contributed by atoms with Crippen LogP contribution in [0.25, 0.3) is 10.2 Å². The van der Waals surface area contributed by atoms with Crippen molar-refractivity contribution in [2.45, 2.75) is 10.9 Å². The number of nitrogens with zero attached hydrogens (tertiary/aromatic N) is 3. The molecule has 104 valence electrons. The van der Waals surface area contributed by atoms with Crippen molar-refractivity contribution in [3.63, 3.8) is 0 Å². The van der Waals surface area contributed by atoms with Gasteiger partial charge >= 0.3 is 0 Å². The minimum absolute atomic E-state index is 0.341. The third-order valence-electron chi connectivity index (χ3n) is 2.87. The van der Waals surface area contributed by atoms with Crippen molar-refractivity contribution < 1.29 is 4.39 Å². The summed E-state index contributed by atoms with van der Waals surface area (Å²) in [6, 6.07) is 8.16. The molecule has 1 aromatic carbocycles. The molecule has 7 heteroatoms. The summed E-state index contributed by atoms with van der Waals surface area (Å²) in [6.45, 7) is 0. The van der Waals surface area contributed by atoms with Gasteiger partial charge in [0.25, 0.3) is 0 Å². The number of aromatic nitrogens is 2. The van der Waals surface area contributed by atoms with Crippen LogP contribution in [0.5, 0.6) is 0 Å². The topological polar surface area (TPSA) is 75.6 Å². The van der Waals surface area contributed by atoms with Crippen LogP contribution in [0.3, 0.4) is 0 Å². The van der Waals surface area contributed by atoms with E-state index in [9.17, 15) is 4.39 Å². The number of fused-ring (bicyclic) bond motifs is 1. The van der Waals surface area contributed by atoms with Gasteiger partial charge in [0.05, 0.1) is 17.0 Å². The summed E-state index contributed by atoms with van der Waals surface area (Å²) in [5.41, 5.74) is 6.75. The number of hydrogen-bond acceptors (Lipinski definition) is 6. The van der Waals surface area contributed by atoms with E-state index in [0.29, 0.717) is 27.9 Å². The third-order valence-corrected chi connectivity index (χ3v) is 4.57. The zero-order valence-corrected chi connectivity index (χ0v) is 12.3. The Kier molecular flexibility index (Phi) is 3.73. The molecule has 0 radical (unpaired) electrons. The molecule has 0 aliphatic rings. The Labute approximate surface area is 128 Å². The predicted molar refractivity (Wildman–Crippen MR) is 82.5 cm³/mol. The highest BCUT2D eigenvalue weighted by Crippen LogP contribution is 2.28. The van der Waals surface area contributed by atoms with Crippen LogP contribution in [0.1, 0.15) is 11.1 Å². The number of hydrogen-bond donors (Lipinski definition) is 1. The van der Waals surface area contributed by atoms with Crippen LogP contribution in [0, 0.1) is 17.1 Å². The average Bonchev–Trinajstić information content (AvgIpc) is 2.95. The first-order chi connectivity index (χ1) is 10.2. The zero-order chi connectivity index (χ0) is 14.8. The Morgan fingerprint density at radius 2 is 2.19 bits per heavy atom. The maximum absolute atomic E-state index is 13.7. The van der Waals surface area contributed by atoms with E-state index in [1.165, 1.54) is 41.3 Å². The molecule has 21 heavy (non-hydrogen) atoms. The van der Waals surface area contributed by atoms with Gasteiger partial charge in [-0.15, -0.1) is 11.3 Å². The van der Waals surface area contributed by atoms with Gasteiger partial charge in [0, 0.05) is 5.75 Å². The molecule has 0 aliphatic carbocycles. The van der Waals surface area contributed by atoms with E-state index in [1.54, 1.807) is 0 Å². The minimum Gasteiger partial charge on any atom is -0.383 e. The second-order valence-electron chi connectivity index (χ2n) is 4.24. The number of nitriles is 1. The monoisotopic (exact) mass is 316 g/mol. The number of nitrogen functional groups attached to an aromatic ring is 1. The third kappa shape index (κ3) is 2.82. The fourth-order valence-corrected chi connectivity index (χ4v) is 3.47. The van der Waals surface area contributed by atoms with Crippen LogP contribution in [-0.4, -0.2) is 9.97 Å². The first-order valence-corrected chi connectivity index (χ1v) is 7.86. The molecule has 0 bridgehead atoms. The highest BCUT2D eigenvalue weighted by atomic mass is 32.2. The number of nitrogens with two attached hydrogens (primary N) is 1. The Hall–Kier alpha value is -2.17. The average molecular weight is 316 g/mol. The molecule has 3 aromatic rings. The van der Waals surface area contributed by atoms with E-state index < -0.39 is 0 Å². The molecule has 0 aliphatic heterocycles. The second-order valence-corrected chi connectivity index (χ2v) is 6.07. The van der Waals surface area contributed by atoms with Crippen molar-refractivity contribution in [2.24, 2.45) is 0 Å². The van der Waals surface area contributed by atoms with E-state index >= 15 is 0 Å². The van der Waals surface area contributed by atoms with E-state index in [0.717, 1.165) is 10.2 Å². The minimum atomic E-state index is -0.341. The number of thiophene rings is 1. The molecule has 0 fully saturated rings. The first-order valence-electron chi connectivity index (χ1n) is 5.99. The second kappa shape index (κ2) is 5.68. The highest BCUT2D eigenvalue weighted by Gasteiger charge is 2.09. The van der Waals surface area contributed by atoms with Gasteiger partial charge in [-0.3, -0.25) is 0 Å². The van der Waals surface area contributed by atoms with Crippen molar-refractivity contribution >= 4 is 39.1 Å². The maximum atomic E-state index is 13.7. The lowest BCUT2D eigenvalue weighted by molar-refractivity contribution is 0.617. The molecule has 3 rings (SSSR count). The lowest BCUT2D eigenvalue weighted by Gasteiger charge is -2.04. The van der Waals surface area contributed by atoms with Crippen LogP contribution in [-0.2, 0) is 5.75 Å². The summed E-state index contributed by atoms with van der Waals surface area (Å²) in [5, 5.41) is 12.1. The molecule has 4 nitrogen and oxygen atoms in total. The normalized spacial score (nSPS) is 10.7. The van der Waals surface area contributed by atoms with Gasteiger partial charge in [0.15, 0.2) is 5.16 Å². The number of rotatable bonds is 3. The highest BCUT2D eigenvalue weighted by molar-refractivity contribution is 7.98. The van der Waals surface area contributed by atoms with Gasteiger partial charge in [-0.05, 0) is 35.2 Å². The molecule has 0 spiro atoms. The lowest BCUT2D eigenvalue weighted by Crippen LogP contribution is -1.96. The van der Waals surface area contributed by atoms with Crippen molar-refractivity contribution in [3.05, 3.63) is 46.6 Å². The van der Waals surface area contributed by atoms with Crippen LogP contribution >= 0.6 is 23.1 Å². The predicted octanol–water partition coefficient (Wildman–Crippen LogP) is 3.58. The standard InChI is InChI=1S/C14H9FN4S2/c15-11-2-1-8(6-16)5-9(11)7-21-14-18-12(17)10-3-4-20-13(10)19-14/h1-5H,7H2,(H2,17,18,19). The first kappa shape index (κ1) is 13.8. The van der Waals surface area contributed by atoms with Gasteiger partial charge in [-0.1, -0.05) is 11.8 Å². The molecule has 2 heterocycles. The summed E-state index contributed by atoms with van der Waals surface area (Å²) in [4.78, 5) is 9.41. The van der Waals surface area contributed by atoms with Gasteiger partial charge in [-0.25, -0.2) is 14.4 Å². The number of anilines is 1. The molecule has 2 N–H and O–H groups in total. The summed E-state index contributed by atoms with van der Waals surface area (Å²) in [5.74, 6) is 0.430. The zero-order valence-electron chi connectivity index (χ0n) is 10.7. The van der Waals surface area contributed by atoms with Crippen molar-refractivity contribution in [3.8, 4) is 6.07 Å². The Morgan fingerprint density at radius 1 is 1.33 bits per heavy atom. The van der Waals surface area contributed by atoms with Crippen molar-refractivity contribution in [1.82, 2.24) is 9.97 Å². The summed E-state index contributed by atoms with van der Waals surface area (Å²) < 4.78 is 13.7. The maximum Gasteiger partial charge on any atom is 0.191 e. The summed E-state index contributed by atoms with van der Waals surface area (Å²) >= 11 is 2.78. The van der Waals surface area contributed by atoms with Gasteiger partial charge in [0.2, 0.25) is 0 Å². The van der Waals surface area contributed by atoms with Gasteiger partial charge in [-0.2, -0.15) is 5.26 Å². The van der Waals surface area contributed by atoms with E-state index in [1.807, 2.05) is 17.5 Å². The molecule has 0 saturated heterocycles. The quantitative estimate of drug-likeness (QED) is 0.590. The van der Waals surface area contributed by atoms with Crippen molar-refractivity contribution in [2.75, 3.05) is 5.73 Å². The Bertz CT molecular complexity index is 854. The van der Waals surface area contributed by atoms with Crippen molar-refractivity contribution in [1.29, 1.82) is 5.26 Å². The lowest BCUT2D eigenvalue weighted by atomic mass is 10.1. The fraction of sp³-hybridized carbons (Fsp3) is 0.0714. The fourth-order valence-electron chi connectivity index (χ4n) is 1.82. The van der Waals surface area contributed by atoms with Crippen LogP contribution in [0.15, 0.2) is 34.8 Å². The van der Waals surface area contributed by atoms with E-state index in [2.05, 4.69) is 9.97 Å². The Morgan fingerprint density at radius 3 is 3.00 bits per heavy atom. The number of halogens is 1.